The molecular weight excluding hydrogens is 248 g/mol. The topological polar surface area (TPSA) is 33.4 Å². The van der Waals surface area contributed by atoms with Gasteiger partial charge in [0.1, 0.15) is 5.76 Å². The summed E-state index contributed by atoms with van der Waals surface area (Å²) in [7, 11) is 0. The lowest BCUT2D eigenvalue weighted by atomic mass is 9.92. The van der Waals surface area contributed by atoms with Gasteiger partial charge in [-0.2, -0.15) is 0 Å². The molecule has 0 bridgehead atoms. The van der Waals surface area contributed by atoms with Crippen molar-refractivity contribution in [1.29, 1.82) is 0 Å². The fraction of sp³-hybridized carbons (Fsp3) is 0.111. The Balaban J connectivity index is 2.30. The molecule has 0 aliphatic carbocycles. The van der Waals surface area contributed by atoms with Gasteiger partial charge in [0.05, 0.1) is 12.4 Å². The molecule has 1 aromatic heterocycles. The van der Waals surface area contributed by atoms with E-state index in [1.54, 1.807) is 6.26 Å². The summed E-state index contributed by atoms with van der Waals surface area (Å²) in [6, 6.07) is 15.7. The molecule has 2 nitrogen and oxygen atoms in total. The van der Waals surface area contributed by atoms with Crippen LogP contribution in [0.25, 0.3) is 22.1 Å². The molecule has 1 N–H and O–H groups in total. The maximum Gasteiger partial charge on any atom is 0.134 e. The van der Waals surface area contributed by atoms with Gasteiger partial charge < -0.3 is 9.52 Å². The predicted molar refractivity (Wildman–Crippen MR) is 80.1 cm³/mol. The van der Waals surface area contributed by atoms with E-state index in [0.717, 1.165) is 27.7 Å². The molecule has 0 spiro atoms. The molecule has 98 valence electrons. The fourth-order valence-corrected chi connectivity index (χ4v) is 2.51. The Bertz CT molecular complexity index is 764. The van der Waals surface area contributed by atoms with Crippen LogP contribution in [0.15, 0.2) is 59.2 Å². The highest BCUT2D eigenvalue weighted by atomic mass is 16.3. The second-order valence-corrected chi connectivity index (χ2v) is 4.65. The van der Waals surface area contributed by atoms with Crippen LogP contribution in [-0.2, 0) is 0 Å². The summed E-state index contributed by atoms with van der Waals surface area (Å²) in [5.41, 5.74) is 1.72. The van der Waals surface area contributed by atoms with Crippen molar-refractivity contribution in [3.8, 4) is 23.7 Å². The van der Waals surface area contributed by atoms with Gasteiger partial charge >= 0.3 is 0 Å². The SMILES string of the molecule is C#CCC(O)c1c(-c2ccco2)ccc2ccccc12. The average molecular weight is 262 g/mol. The van der Waals surface area contributed by atoms with Crippen molar-refractivity contribution < 1.29 is 9.52 Å². The van der Waals surface area contributed by atoms with Crippen LogP contribution in [0.1, 0.15) is 18.1 Å². The minimum absolute atomic E-state index is 0.279. The summed E-state index contributed by atoms with van der Waals surface area (Å²) >= 11 is 0. The van der Waals surface area contributed by atoms with Crippen LogP contribution >= 0.6 is 0 Å². The van der Waals surface area contributed by atoms with E-state index in [-0.39, 0.29) is 6.42 Å². The number of furan rings is 1. The number of fused-ring (bicyclic) bond motifs is 1. The van der Waals surface area contributed by atoms with Gasteiger partial charge in [0.15, 0.2) is 0 Å². The molecule has 1 unspecified atom stereocenters. The summed E-state index contributed by atoms with van der Waals surface area (Å²) in [5.74, 6) is 3.26. The lowest BCUT2D eigenvalue weighted by Gasteiger charge is -2.15. The van der Waals surface area contributed by atoms with Gasteiger partial charge in [0.25, 0.3) is 0 Å². The number of hydrogen-bond donors (Lipinski definition) is 1. The molecule has 0 aliphatic heterocycles. The molecule has 0 saturated carbocycles. The summed E-state index contributed by atoms with van der Waals surface area (Å²) < 4.78 is 5.47. The van der Waals surface area contributed by atoms with Crippen molar-refractivity contribution in [2.45, 2.75) is 12.5 Å². The second kappa shape index (κ2) is 5.24. The monoisotopic (exact) mass is 262 g/mol. The second-order valence-electron chi connectivity index (χ2n) is 4.65. The van der Waals surface area contributed by atoms with E-state index in [9.17, 15) is 5.11 Å². The number of aliphatic hydroxyl groups is 1. The molecule has 0 aliphatic rings. The van der Waals surface area contributed by atoms with E-state index in [4.69, 9.17) is 10.8 Å². The molecule has 0 fully saturated rings. The summed E-state index contributed by atoms with van der Waals surface area (Å²) in [6.07, 6.45) is 6.55. The first-order valence-electron chi connectivity index (χ1n) is 6.48. The molecule has 3 aromatic rings. The number of rotatable bonds is 3. The Morgan fingerprint density at radius 3 is 2.70 bits per heavy atom. The average Bonchev–Trinajstić information content (AvgIpc) is 3.00. The molecule has 2 heteroatoms. The Morgan fingerprint density at radius 2 is 1.95 bits per heavy atom. The summed E-state index contributed by atoms with van der Waals surface area (Å²) in [5, 5.41) is 12.5. The molecule has 1 atom stereocenters. The van der Waals surface area contributed by atoms with E-state index in [1.807, 2.05) is 48.5 Å². The van der Waals surface area contributed by atoms with E-state index in [2.05, 4.69) is 5.92 Å². The first-order chi connectivity index (χ1) is 9.81. The van der Waals surface area contributed by atoms with Crippen LogP contribution in [0, 0.1) is 12.3 Å². The lowest BCUT2D eigenvalue weighted by molar-refractivity contribution is 0.186. The third-order valence-electron chi connectivity index (χ3n) is 3.40. The summed E-state index contributed by atoms with van der Waals surface area (Å²) in [4.78, 5) is 0. The van der Waals surface area contributed by atoms with Gasteiger partial charge in [-0.05, 0) is 22.9 Å². The maximum atomic E-state index is 10.4. The minimum Gasteiger partial charge on any atom is -0.464 e. The number of aliphatic hydroxyl groups excluding tert-OH is 1. The van der Waals surface area contributed by atoms with Crippen LogP contribution in [-0.4, -0.2) is 5.11 Å². The van der Waals surface area contributed by atoms with E-state index in [1.165, 1.54) is 0 Å². The van der Waals surface area contributed by atoms with Gasteiger partial charge in [-0.15, -0.1) is 12.3 Å². The quantitative estimate of drug-likeness (QED) is 0.719. The van der Waals surface area contributed by atoms with Crippen LogP contribution in [0.2, 0.25) is 0 Å². The van der Waals surface area contributed by atoms with Gasteiger partial charge in [-0.3, -0.25) is 0 Å². The molecule has 0 saturated heterocycles. The first-order valence-corrected chi connectivity index (χ1v) is 6.48. The highest BCUT2D eigenvalue weighted by Gasteiger charge is 2.17. The zero-order chi connectivity index (χ0) is 13.9. The van der Waals surface area contributed by atoms with E-state index in [0.29, 0.717) is 0 Å². The van der Waals surface area contributed by atoms with Gasteiger partial charge in [0.2, 0.25) is 0 Å². The largest absolute Gasteiger partial charge is 0.464 e. The smallest absolute Gasteiger partial charge is 0.134 e. The Morgan fingerprint density at radius 1 is 1.10 bits per heavy atom. The third kappa shape index (κ3) is 2.09. The number of hydrogen-bond acceptors (Lipinski definition) is 2. The minimum atomic E-state index is -0.703. The molecule has 20 heavy (non-hydrogen) atoms. The van der Waals surface area contributed by atoms with Crippen LogP contribution in [0.5, 0.6) is 0 Å². The molecule has 1 heterocycles. The molecule has 3 rings (SSSR count). The predicted octanol–water partition coefficient (Wildman–Crippen LogP) is 4.16. The van der Waals surface area contributed by atoms with Crippen molar-refractivity contribution in [1.82, 2.24) is 0 Å². The number of terminal acetylenes is 1. The zero-order valence-electron chi connectivity index (χ0n) is 10.9. The lowest BCUT2D eigenvalue weighted by Crippen LogP contribution is -2.00. The highest BCUT2D eigenvalue weighted by molar-refractivity contribution is 5.91. The van der Waals surface area contributed by atoms with Crippen molar-refractivity contribution in [2.24, 2.45) is 0 Å². The van der Waals surface area contributed by atoms with Gasteiger partial charge in [-0.25, -0.2) is 0 Å². The first kappa shape index (κ1) is 12.5. The molecule has 0 amide bonds. The van der Waals surface area contributed by atoms with Gasteiger partial charge in [0, 0.05) is 17.5 Å². The molecule has 2 aromatic carbocycles. The zero-order valence-corrected chi connectivity index (χ0v) is 10.9. The third-order valence-corrected chi connectivity index (χ3v) is 3.40. The fourth-order valence-electron chi connectivity index (χ4n) is 2.51. The highest BCUT2D eigenvalue weighted by Crippen LogP contribution is 2.35. The van der Waals surface area contributed by atoms with Crippen LogP contribution < -0.4 is 0 Å². The summed E-state index contributed by atoms with van der Waals surface area (Å²) in [6.45, 7) is 0. The maximum absolute atomic E-state index is 10.4. The Kier molecular flexibility index (Phi) is 3.28. The number of benzene rings is 2. The molecule has 0 radical (unpaired) electrons. The van der Waals surface area contributed by atoms with E-state index >= 15 is 0 Å². The van der Waals surface area contributed by atoms with Crippen molar-refractivity contribution in [3.63, 3.8) is 0 Å². The Labute approximate surface area is 117 Å². The van der Waals surface area contributed by atoms with Crippen LogP contribution in [0.4, 0.5) is 0 Å². The molecular formula is C18H14O2. The van der Waals surface area contributed by atoms with Crippen LogP contribution in [0.3, 0.4) is 0 Å². The standard InChI is InChI=1S/C18H14O2/c1-2-6-16(19)18-14-8-4-3-7-13(14)10-11-15(18)17-9-5-12-20-17/h1,3-5,7-12,16,19H,6H2. The van der Waals surface area contributed by atoms with Crippen molar-refractivity contribution in [3.05, 3.63) is 60.4 Å². The van der Waals surface area contributed by atoms with E-state index < -0.39 is 6.10 Å². The van der Waals surface area contributed by atoms with Crippen molar-refractivity contribution >= 4 is 10.8 Å². The van der Waals surface area contributed by atoms with Gasteiger partial charge in [-0.1, -0.05) is 36.4 Å². The Hall–Kier alpha value is -2.50. The van der Waals surface area contributed by atoms with Crippen molar-refractivity contribution in [2.75, 3.05) is 0 Å². The normalized spacial score (nSPS) is 12.2.